The molecule has 2 saturated heterocycles. The first-order valence-corrected chi connectivity index (χ1v) is 22.1. The Morgan fingerprint density at radius 1 is 0.862 bits per heavy atom. The Labute approximate surface area is 376 Å². The van der Waals surface area contributed by atoms with E-state index in [1.54, 1.807) is 18.2 Å². The van der Waals surface area contributed by atoms with Gasteiger partial charge in [-0.05, 0) is 84.0 Å². The highest BCUT2D eigenvalue weighted by molar-refractivity contribution is 6.07. The van der Waals surface area contributed by atoms with Crippen LogP contribution in [0.25, 0.3) is 44.2 Å². The van der Waals surface area contributed by atoms with Gasteiger partial charge in [-0.2, -0.15) is 0 Å². The summed E-state index contributed by atoms with van der Waals surface area (Å²) < 4.78 is 21.7. The fourth-order valence-electron chi connectivity index (χ4n) is 9.83. The smallest absolute Gasteiger partial charge is 0.407 e. The molecule has 2 unspecified atom stereocenters. The number of benzene rings is 4. The Bertz CT molecular complexity index is 2770. The molecule has 0 radical (unpaired) electrons. The number of nitrogens with zero attached hydrogens (tertiary/aromatic N) is 4. The molecule has 16 nitrogen and oxygen atoms in total. The van der Waals surface area contributed by atoms with Crippen LogP contribution in [0.3, 0.4) is 0 Å². The number of hydrogen-bond acceptors (Lipinski definition) is 10. The third-order valence-electron chi connectivity index (χ3n) is 13.1. The molecule has 9 rings (SSSR count). The molecule has 5 heterocycles. The number of aromatic nitrogens is 4. The van der Waals surface area contributed by atoms with Crippen LogP contribution in [0.4, 0.5) is 9.59 Å². The van der Waals surface area contributed by atoms with Gasteiger partial charge in [0.15, 0.2) is 0 Å². The van der Waals surface area contributed by atoms with Crippen molar-refractivity contribution in [1.29, 1.82) is 0 Å². The second-order valence-electron chi connectivity index (χ2n) is 17.6. The number of hydrogen-bond donors (Lipinski definition) is 4. The summed E-state index contributed by atoms with van der Waals surface area (Å²) in [5.74, 6) is 1.62. The van der Waals surface area contributed by atoms with Crippen LogP contribution >= 0.6 is 0 Å². The summed E-state index contributed by atoms with van der Waals surface area (Å²) in [5, 5.41) is 7.45. The number of likely N-dealkylation sites (tertiary alicyclic amines) is 2. The van der Waals surface area contributed by atoms with Crippen LogP contribution in [0.15, 0.2) is 79.0 Å². The molecular formula is C49H54N8O8. The van der Waals surface area contributed by atoms with E-state index < -0.39 is 24.3 Å². The van der Waals surface area contributed by atoms with Crippen LogP contribution in [0.5, 0.6) is 5.75 Å². The second kappa shape index (κ2) is 17.9. The number of nitrogens with one attached hydrogen (secondary N) is 4. The standard InChI is InChI=1S/C49H54N8O8/c1-26(2)41(54-48(60)63-5)47(59)57-27(3)12-17-38(57)45-51-36-16-14-30-20-35-33-15-13-31(19-32(33)25-65-40(35)21-34(30)43(36)53-45)37-22-50-44(52-37)39-18-28(24-62-4)23-56(39)46(58)42(55-49(61)64-6)29-10-8-7-9-11-29/h7-11,13-16,19-22,26-28,38-39,41-42H,12,17-18,23-25H2,1-6H3,(H,50,52)(H,51,53)(H,54,60)(H,55,61)/t27-,28-,38?,39?,41-,42-/m0/s1. The molecule has 4 amide bonds. The number of alkyl carbamates (subject to hydrolysis) is 2. The first-order valence-electron chi connectivity index (χ1n) is 22.1. The van der Waals surface area contributed by atoms with Crippen molar-refractivity contribution in [1.82, 2.24) is 40.4 Å². The number of fused-ring (bicyclic) bond motifs is 6. The maximum atomic E-state index is 14.3. The highest BCUT2D eigenvalue weighted by atomic mass is 16.5. The fourth-order valence-corrected chi connectivity index (χ4v) is 9.83. The Morgan fingerprint density at radius 3 is 2.40 bits per heavy atom. The largest absolute Gasteiger partial charge is 0.488 e. The molecule has 0 spiro atoms. The third-order valence-corrected chi connectivity index (χ3v) is 13.1. The van der Waals surface area contributed by atoms with Gasteiger partial charge in [-0.3, -0.25) is 9.59 Å². The molecule has 0 bridgehead atoms. The molecule has 65 heavy (non-hydrogen) atoms. The van der Waals surface area contributed by atoms with E-state index in [0.29, 0.717) is 43.4 Å². The minimum Gasteiger partial charge on any atom is -0.488 e. The Morgan fingerprint density at radius 2 is 1.65 bits per heavy atom. The van der Waals surface area contributed by atoms with Crippen LogP contribution in [0.2, 0.25) is 0 Å². The number of imidazole rings is 2. The molecule has 4 aromatic carbocycles. The molecule has 3 aliphatic heterocycles. The van der Waals surface area contributed by atoms with Gasteiger partial charge >= 0.3 is 12.2 Å². The van der Waals surface area contributed by atoms with Crippen molar-refractivity contribution in [2.45, 2.75) is 76.8 Å². The minimum atomic E-state index is -0.948. The predicted molar refractivity (Wildman–Crippen MR) is 243 cm³/mol. The van der Waals surface area contributed by atoms with Gasteiger partial charge in [0.1, 0.15) is 36.1 Å². The number of methoxy groups -OCH3 is 3. The minimum absolute atomic E-state index is 0.0342. The summed E-state index contributed by atoms with van der Waals surface area (Å²) in [7, 11) is 4.22. The van der Waals surface area contributed by atoms with Gasteiger partial charge in [-0.1, -0.05) is 62.4 Å². The molecule has 6 aromatic rings. The topological polar surface area (TPSA) is 193 Å². The highest BCUT2D eigenvalue weighted by Gasteiger charge is 2.43. The van der Waals surface area contributed by atoms with Crippen molar-refractivity contribution in [2.24, 2.45) is 11.8 Å². The van der Waals surface area contributed by atoms with Crippen molar-refractivity contribution < 1.29 is 38.1 Å². The zero-order valence-electron chi connectivity index (χ0n) is 37.3. The maximum Gasteiger partial charge on any atom is 0.407 e. The normalized spacial score (nSPS) is 20.0. The van der Waals surface area contributed by atoms with E-state index in [9.17, 15) is 19.2 Å². The number of H-pyrrole nitrogens is 2. The van der Waals surface area contributed by atoms with Crippen LogP contribution < -0.4 is 15.4 Å². The van der Waals surface area contributed by atoms with Crippen LogP contribution in [0.1, 0.15) is 80.9 Å². The van der Waals surface area contributed by atoms with E-state index in [4.69, 9.17) is 28.9 Å². The third kappa shape index (κ3) is 8.22. The monoisotopic (exact) mass is 882 g/mol. The molecule has 2 aromatic heterocycles. The molecule has 2 fully saturated rings. The highest BCUT2D eigenvalue weighted by Crippen LogP contribution is 2.44. The SMILES string of the molecule is COC[C@H]1CC(c2ncc(-c3ccc4c(c3)COc3cc5c(ccc6nc(C7CC[C@H](C)N7C(=O)[C@@H](NC(=O)OC)C(C)C)[nH]c65)cc3-4)[nH]2)N(C(=O)[C@@H](NC(=O)OC)c2ccccc2)C1. The van der Waals surface area contributed by atoms with E-state index in [1.807, 2.05) is 62.1 Å². The number of carbonyl (C=O) groups is 4. The molecule has 16 heteroatoms. The number of ether oxygens (including phenoxy) is 4. The van der Waals surface area contributed by atoms with E-state index in [2.05, 4.69) is 57.0 Å². The summed E-state index contributed by atoms with van der Waals surface area (Å²) in [4.78, 5) is 73.5. The van der Waals surface area contributed by atoms with Gasteiger partial charge in [0, 0.05) is 36.6 Å². The Hall–Kier alpha value is -6.94. The van der Waals surface area contributed by atoms with Gasteiger partial charge in [-0.15, -0.1) is 0 Å². The molecule has 338 valence electrons. The lowest BCUT2D eigenvalue weighted by Gasteiger charge is -2.32. The number of rotatable bonds is 11. The lowest BCUT2D eigenvalue weighted by Crippen LogP contribution is -2.52. The van der Waals surface area contributed by atoms with Crippen LogP contribution in [-0.4, -0.2) is 100 Å². The molecule has 0 aliphatic carbocycles. The number of aromatic amines is 2. The fraction of sp³-hybridized carbons (Fsp3) is 0.388. The van der Waals surface area contributed by atoms with Crippen molar-refractivity contribution in [3.8, 4) is 28.1 Å². The number of amides is 4. The Kier molecular flexibility index (Phi) is 11.9. The van der Waals surface area contributed by atoms with E-state index in [-0.39, 0.29) is 41.8 Å². The van der Waals surface area contributed by atoms with Gasteiger partial charge in [-0.25, -0.2) is 19.6 Å². The maximum absolute atomic E-state index is 14.3. The first-order chi connectivity index (χ1) is 31.5. The average Bonchev–Trinajstić information content (AvgIpc) is 4.15. The molecule has 0 saturated carbocycles. The van der Waals surface area contributed by atoms with Crippen molar-refractivity contribution in [3.63, 3.8) is 0 Å². The quantitative estimate of drug-likeness (QED) is 0.100. The summed E-state index contributed by atoms with van der Waals surface area (Å²) in [6.07, 6.45) is 2.64. The summed E-state index contributed by atoms with van der Waals surface area (Å²) in [5.41, 5.74) is 7.10. The van der Waals surface area contributed by atoms with Crippen molar-refractivity contribution in [3.05, 3.63) is 102 Å². The second-order valence-corrected chi connectivity index (χ2v) is 17.6. The zero-order valence-corrected chi connectivity index (χ0v) is 37.3. The lowest BCUT2D eigenvalue weighted by molar-refractivity contribution is -0.137. The zero-order chi connectivity index (χ0) is 45.5. The van der Waals surface area contributed by atoms with Gasteiger partial charge < -0.3 is 49.3 Å². The summed E-state index contributed by atoms with van der Waals surface area (Å²) in [6.45, 7) is 7.12. The van der Waals surface area contributed by atoms with E-state index in [0.717, 1.165) is 68.3 Å². The lowest BCUT2D eigenvalue weighted by atomic mass is 9.92. The van der Waals surface area contributed by atoms with Gasteiger partial charge in [0.05, 0.1) is 55.8 Å². The first kappa shape index (κ1) is 43.3. The van der Waals surface area contributed by atoms with Crippen molar-refractivity contribution >= 4 is 45.8 Å². The van der Waals surface area contributed by atoms with Crippen LogP contribution in [0, 0.1) is 11.8 Å². The summed E-state index contributed by atoms with van der Waals surface area (Å²) in [6, 6.07) is 21.3. The van der Waals surface area contributed by atoms with E-state index in [1.165, 1.54) is 14.2 Å². The van der Waals surface area contributed by atoms with E-state index >= 15 is 0 Å². The van der Waals surface area contributed by atoms with Gasteiger partial charge in [0.25, 0.3) is 5.91 Å². The molecule has 6 atom stereocenters. The van der Waals surface area contributed by atoms with Gasteiger partial charge in [0.2, 0.25) is 5.91 Å². The predicted octanol–water partition coefficient (Wildman–Crippen LogP) is 7.73. The number of carbonyl (C=O) groups excluding carboxylic acids is 4. The van der Waals surface area contributed by atoms with Crippen molar-refractivity contribution in [2.75, 3.05) is 34.5 Å². The molecular weight excluding hydrogens is 829 g/mol. The average molecular weight is 883 g/mol. The summed E-state index contributed by atoms with van der Waals surface area (Å²) >= 11 is 0. The van der Waals surface area contributed by atoms with Crippen LogP contribution in [-0.2, 0) is 30.4 Å². The molecule has 4 N–H and O–H groups in total. The molecule has 3 aliphatic rings. The Balaban J connectivity index is 0.974.